The Morgan fingerprint density at radius 3 is 2.50 bits per heavy atom. The number of rotatable bonds is 5. The van der Waals surface area contributed by atoms with E-state index in [1.807, 2.05) is 24.3 Å². The zero-order valence-corrected chi connectivity index (χ0v) is 9.53. The second-order valence-corrected chi connectivity index (χ2v) is 4.49. The molecular formula is C14H16O2. The Morgan fingerprint density at radius 1 is 1.19 bits per heavy atom. The van der Waals surface area contributed by atoms with E-state index in [2.05, 4.69) is 0 Å². The first-order valence-corrected chi connectivity index (χ1v) is 5.80. The summed E-state index contributed by atoms with van der Waals surface area (Å²) in [5, 5.41) is 0. The fraction of sp³-hybridized carbons (Fsp3) is 0.429. The minimum absolute atomic E-state index is 0.0808. The average molecular weight is 216 g/mol. The first kappa shape index (κ1) is 11.1. The van der Waals surface area contributed by atoms with E-state index < -0.39 is 0 Å². The van der Waals surface area contributed by atoms with Crippen molar-refractivity contribution in [2.24, 2.45) is 0 Å². The van der Waals surface area contributed by atoms with Gasteiger partial charge in [0.25, 0.3) is 0 Å². The van der Waals surface area contributed by atoms with Gasteiger partial charge in [0, 0.05) is 18.4 Å². The summed E-state index contributed by atoms with van der Waals surface area (Å²) in [5.41, 5.74) is 2.00. The van der Waals surface area contributed by atoms with E-state index in [1.165, 1.54) is 25.3 Å². The molecule has 2 nitrogen and oxygen atoms in total. The minimum Gasteiger partial charge on any atom is -0.300 e. The molecule has 0 heterocycles. The van der Waals surface area contributed by atoms with Crippen molar-refractivity contribution in [2.75, 3.05) is 0 Å². The highest BCUT2D eigenvalue weighted by atomic mass is 16.1. The van der Waals surface area contributed by atoms with E-state index in [0.29, 0.717) is 18.8 Å². The molecule has 0 unspecified atom stereocenters. The van der Waals surface area contributed by atoms with Crippen LogP contribution < -0.4 is 0 Å². The molecule has 1 saturated carbocycles. The summed E-state index contributed by atoms with van der Waals surface area (Å²) in [6.45, 7) is 1.53. The molecule has 0 aliphatic heterocycles. The smallest absolute Gasteiger partial charge is 0.163 e. The Morgan fingerprint density at radius 2 is 1.88 bits per heavy atom. The number of hydrogen-bond acceptors (Lipinski definition) is 2. The fourth-order valence-corrected chi connectivity index (χ4v) is 1.93. The monoisotopic (exact) mass is 216 g/mol. The van der Waals surface area contributed by atoms with Crippen LogP contribution in [0.5, 0.6) is 0 Å². The predicted molar refractivity (Wildman–Crippen MR) is 62.7 cm³/mol. The number of benzene rings is 1. The van der Waals surface area contributed by atoms with Crippen LogP contribution in [0.2, 0.25) is 0 Å². The molecule has 1 aliphatic rings. The summed E-state index contributed by atoms with van der Waals surface area (Å²) in [7, 11) is 0. The van der Waals surface area contributed by atoms with Gasteiger partial charge in [0.05, 0.1) is 0 Å². The van der Waals surface area contributed by atoms with Crippen molar-refractivity contribution in [1.82, 2.24) is 0 Å². The molecule has 2 heteroatoms. The van der Waals surface area contributed by atoms with Crippen molar-refractivity contribution < 1.29 is 9.59 Å². The van der Waals surface area contributed by atoms with Crippen molar-refractivity contribution in [3.05, 3.63) is 35.4 Å². The second-order valence-electron chi connectivity index (χ2n) is 4.49. The van der Waals surface area contributed by atoms with E-state index >= 15 is 0 Å². The van der Waals surface area contributed by atoms with Crippen LogP contribution in [0.25, 0.3) is 0 Å². The highest BCUT2D eigenvalue weighted by Crippen LogP contribution is 2.41. The van der Waals surface area contributed by atoms with E-state index in [4.69, 9.17) is 0 Å². The molecule has 0 spiro atoms. The predicted octanol–water partition coefficient (Wildman–Crippen LogP) is 3.12. The van der Waals surface area contributed by atoms with Gasteiger partial charge in [-0.05, 0) is 31.2 Å². The van der Waals surface area contributed by atoms with Gasteiger partial charge in [-0.15, -0.1) is 0 Å². The summed E-state index contributed by atoms with van der Waals surface area (Å²) < 4.78 is 0. The molecule has 1 aromatic rings. The van der Waals surface area contributed by atoms with Crippen LogP contribution in [0.15, 0.2) is 24.3 Å². The van der Waals surface area contributed by atoms with Crippen molar-refractivity contribution in [3.8, 4) is 0 Å². The molecule has 1 fully saturated rings. The molecule has 1 aliphatic carbocycles. The maximum Gasteiger partial charge on any atom is 0.163 e. The van der Waals surface area contributed by atoms with E-state index in [-0.39, 0.29) is 11.6 Å². The number of hydrogen-bond donors (Lipinski definition) is 0. The fourth-order valence-electron chi connectivity index (χ4n) is 1.93. The highest BCUT2D eigenvalue weighted by molar-refractivity contribution is 5.99. The molecule has 0 saturated heterocycles. The van der Waals surface area contributed by atoms with Crippen LogP contribution in [-0.2, 0) is 4.79 Å². The molecule has 0 aromatic heterocycles. The lowest BCUT2D eigenvalue weighted by Gasteiger charge is -2.06. The first-order valence-electron chi connectivity index (χ1n) is 5.80. The van der Waals surface area contributed by atoms with Gasteiger partial charge < -0.3 is 4.79 Å². The van der Waals surface area contributed by atoms with Gasteiger partial charge in [0.15, 0.2) is 5.78 Å². The molecular weight excluding hydrogens is 200 g/mol. The summed E-state index contributed by atoms with van der Waals surface area (Å²) in [6.07, 6.45) is 3.09. The molecule has 0 amide bonds. The molecule has 16 heavy (non-hydrogen) atoms. The number of Topliss-reactive ketones (excluding diaryl/α,β-unsaturated/α-hetero) is 2. The quantitative estimate of drug-likeness (QED) is 0.709. The van der Waals surface area contributed by atoms with Gasteiger partial charge in [-0.3, -0.25) is 4.79 Å². The molecule has 84 valence electrons. The zero-order chi connectivity index (χ0) is 11.5. The Kier molecular flexibility index (Phi) is 3.18. The molecule has 0 atom stereocenters. The zero-order valence-electron chi connectivity index (χ0n) is 9.53. The van der Waals surface area contributed by atoms with E-state index in [9.17, 15) is 9.59 Å². The van der Waals surface area contributed by atoms with Crippen LogP contribution >= 0.6 is 0 Å². The van der Waals surface area contributed by atoms with Crippen LogP contribution in [0.3, 0.4) is 0 Å². The van der Waals surface area contributed by atoms with E-state index in [1.54, 1.807) is 0 Å². The molecule has 2 rings (SSSR count). The Hall–Kier alpha value is -1.44. The SMILES string of the molecule is CC(=O)CCC(=O)c1ccccc1C1CC1. The van der Waals surface area contributed by atoms with Gasteiger partial charge in [0.1, 0.15) is 5.78 Å². The van der Waals surface area contributed by atoms with Crippen LogP contribution in [0.4, 0.5) is 0 Å². The molecule has 1 aromatic carbocycles. The average Bonchev–Trinajstić information content (AvgIpc) is 3.09. The van der Waals surface area contributed by atoms with Crippen LogP contribution in [0, 0.1) is 0 Å². The van der Waals surface area contributed by atoms with Crippen molar-refractivity contribution in [3.63, 3.8) is 0 Å². The highest BCUT2D eigenvalue weighted by Gasteiger charge is 2.27. The Bertz CT molecular complexity index is 416. The molecule has 0 N–H and O–H groups in total. The largest absolute Gasteiger partial charge is 0.300 e. The van der Waals surface area contributed by atoms with Crippen molar-refractivity contribution >= 4 is 11.6 Å². The summed E-state index contributed by atoms with van der Waals surface area (Å²) >= 11 is 0. The number of carbonyl (C=O) groups excluding carboxylic acids is 2. The van der Waals surface area contributed by atoms with E-state index in [0.717, 1.165) is 5.56 Å². The van der Waals surface area contributed by atoms with Gasteiger partial charge >= 0.3 is 0 Å². The first-order chi connectivity index (χ1) is 7.68. The third-order valence-electron chi connectivity index (χ3n) is 2.98. The summed E-state index contributed by atoms with van der Waals surface area (Å²) in [4.78, 5) is 22.8. The minimum atomic E-state index is 0.0808. The Labute approximate surface area is 95.7 Å². The third-order valence-corrected chi connectivity index (χ3v) is 2.98. The normalized spacial score (nSPS) is 14.8. The lowest BCUT2D eigenvalue weighted by atomic mass is 9.97. The topological polar surface area (TPSA) is 34.1 Å². The van der Waals surface area contributed by atoms with Crippen molar-refractivity contribution in [1.29, 1.82) is 0 Å². The Balaban J connectivity index is 2.12. The van der Waals surface area contributed by atoms with Gasteiger partial charge in [-0.25, -0.2) is 0 Å². The van der Waals surface area contributed by atoms with Crippen LogP contribution in [0.1, 0.15) is 54.4 Å². The maximum absolute atomic E-state index is 11.9. The number of carbonyl (C=O) groups is 2. The van der Waals surface area contributed by atoms with Gasteiger partial charge in [-0.2, -0.15) is 0 Å². The maximum atomic E-state index is 11.9. The summed E-state index contributed by atoms with van der Waals surface area (Å²) in [5.74, 6) is 0.771. The standard InChI is InChI=1S/C14H16O2/c1-10(15)6-9-14(16)13-5-3-2-4-12(13)11-7-8-11/h2-5,11H,6-9H2,1H3. The van der Waals surface area contributed by atoms with Gasteiger partial charge in [0.2, 0.25) is 0 Å². The molecule has 0 bridgehead atoms. The number of ketones is 2. The molecule has 0 radical (unpaired) electrons. The van der Waals surface area contributed by atoms with Gasteiger partial charge in [-0.1, -0.05) is 24.3 Å². The van der Waals surface area contributed by atoms with Crippen LogP contribution in [-0.4, -0.2) is 11.6 Å². The lowest BCUT2D eigenvalue weighted by molar-refractivity contribution is -0.116. The summed E-state index contributed by atoms with van der Waals surface area (Å²) in [6, 6.07) is 7.80. The lowest BCUT2D eigenvalue weighted by Crippen LogP contribution is -2.05. The second kappa shape index (κ2) is 4.60. The van der Waals surface area contributed by atoms with Crippen molar-refractivity contribution in [2.45, 2.75) is 38.5 Å². The third kappa shape index (κ3) is 2.57.